The molecule has 1 saturated carbocycles. The van der Waals surface area contributed by atoms with Crippen LogP contribution in [0.15, 0.2) is 0 Å². The van der Waals surface area contributed by atoms with E-state index in [0.717, 1.165) is 19.3 Å². The van der Waals surface area contributed by atoms with Gasteiger partial charge in [-0.3, -0.25) is 14.3 Å². The highest BCUT2D eigenvalue weighted by Crippen LogP contribution is 2.43. The van der Waals surface area contributed by atoms with Crippen LogP contribution in [-0.2, 0) is 15.6 Å². The molecule has 4 nitrogen and oxygen atoms in total. The number of amides is 1. The fourth-order valence-electron chi connectivity index (χ4n) is 2.55. The quantitative estimate of drug-likeness (QED) is 0.781. The van der Waals surface area contributed by atoms with Crippen molar-refractivity contribution < 1.29 is 9.00 Å². The van der Waals surface area contributed by atoms with E-state index in [1.165, 1.54) is 0 Å². The second-order valence-electron chi connectivity index (χ2n) is 4.95. The molecular formula is C11H20N2O2S. The molecule has 1 saturated heterocycles. The highest BCUT2D eigenvalue weighted by molar-refractivity contribution is 7.84. The summed E-state index contributed by atoms with van der Waals surface area (Å²) in [5.74, 6) is 0.789. The van der Waals surface area contributed by atoms with Gasteiger partial charge in [0.1, 0.15) is 0 Å². The minimum Gasteiger partial charge on any atom is -0.322 e. The molecule has 2 rings (SSSR count). The molecule has 1 aliphatic carbocycles. The maximum absolute atomic E-state index is 12.2. The van der Waals surface area contributed by atoms with Crippen molar-refractivity contribution in [2.24, 2.45) is 0 Å². The molecule has 0 aromatic carbocycles. The number of carbonyl (C=O) groups is 1. The lowest BCUT2D eigenvalue weighted by atomic mass is 10.2. The Bertz CT molecular complexity index is 328. The van der Waals surface area contributed by atoms with Crippen molar-refractivity contribution in [3.8, 4) is 0 Å². The molecule has 2 aliphatic rings. The third kappa shape index (κ3) is 1.91. The maximum atomic E-state index is 12.2. The van der Waals surface area contributed by atoms with Gasteiger partial charge in [-0.1, -0.05) is 6.92 Å². The van der Waals surface area contributed by atoms with Crippen LogP contribution in [-0.4, -0.2) is 44.8 Å². The molecule has 1 aliphatic heterocycles. The predicted molar refractivity (Wildman–Crippen MR) is 64.4 cm³/mol. The summed E-state index contributed by atoms with van der Waals surface area (Å²) in [5, 5.41) is 3.42. The monoisotopic (exact) mass is 244 g/mol. The molecular weight excluding hydrogens is 224 g/mol. The molecule has 5 heteroatoms. The van der Waals surface area contributed by atoms with Crippen molar-refractivity contribution in [2.45, 2.75) is 50.9 Å². The van der Waals surface area contributed by atoms with Crippen LogP contribution in [0.3, 0.4) is 0 Å². The van der Waals surface area contributed by atoms with E-state index in [0.29, 0.717) is 5.75 Å². The van der Waals surface area contributed by atoms with Crippen LogP contribution in [0.1, 0.15) is 33.1 Å². The minimum absolute atomic E-state index is 0.0655. The Labute approximate surface area is 99.2 Å². The van der Waals surface area contributed by atoms with Crippen molar-refractivity contribution in [3.05, 3.63) is 0 Å². The number of hydrogen-bond donors (Lipinski definition) is 1. The van der Waals surface area contributed by atoms with Gasteiger partial charge in [0.05, 0.1) is 11.7 Å². The number of nitrogens with zero attached hydrogens (tertiary/aromatic N) is 1. The first kappa shape index (κ1) is 12.0. The number of carbonyl (C=O) groups excluding carboxylic acids is 1. The van der Waals surface area contributed by atoms with E-state index in [9.17, 15) is 9.00 Å². The van der Waals surface area contributed by atoms with E-state index in [4.69, 9.17) is 0 Å². The van der Waals surface area contributed by atoms with Crippen LogP contribution in [0, 0.1) is 0 Å². The largest absolute Gasteiger partial charge is 0.322 e. The summed E-state index contributed by atoms with van der Waals surface area (Å²) in [6, 6.07) is 0.0655. The van der Waals surface area contributed by atoms with Crippen LogP contribution in [0.2, 0.25) is 0 Å². The zero-order chi connectivity index (χ0) is 11.9. The van der Waals surface area contributed by atoms with Gasteiger partial charge < -0.3 is 4.90 Å². The lowest BCUT2D eigenvalue weighted by Crippen LogP contribution is -2.45. The normalized spacial score (nSPS) is 30.8. The Balaban J connectivity index is 2.11. The first-order chi connectivity index (χ1) is 7.50. The maximum Gasteiger partial charge on any atom is 0.244 e. The van der Waals surface area contributed by atoms with Gasteiger partial charge in [0.25, 0.3) is 0 Å². The van der Waals surface area contributed by atoms with Gasteiger partial charge in [-0.2, -0.15) is 0 Å². The van der Waals surface area contributed by atoms with Crippen molar-refractivity contribution in [3.63, 3.8) is 0 Å². The third-order valence-corrected chi connectivity index (χ3v) is 4.46. The summed E-state index contributed by atoms with van der Waals surface area (Å²) in [6.07, 6.45) is 4.65. The molecule has 2 fully saturated rings. The van der Waals surface area contributed by atoms with E-state index < -0.39 is 10.8 Å². The summed E-state index contributed by atoms with van der Waals surface area (Å²) in [7, 11) is -0.850. The van der Waals surface area contributed by atoms with Gasteiger partial charge in [-0.05, 0) is 26.2 Å². The van der Waals surface area contributed by atoms with E-state index >= 15 is 0 Å². The molecule has 1 N–H and O–H groups in total. The average molecular weight is 244 g/mol. The SMILES string of the molecule is CCC1NC2(CC2)C(=O)N1C(C)CS(C)=O. The van der Waals surface area contributed by atoms with E-state index in [-0.39, 0.29) is 23.7 Å². The zero-order valence-electron chi connectivity index (χ0n) is 10.2. The first-order valence-corrected chi connectivity index (χ1v) is 7.63. The molecule has 0 aromatic heterocycles. The lowest BCUT2D eigenvalue weighted by Gasteiger charge is -2.29. The number of hydrogen-bond acceptors (Lipinski definition) is 3. The molecule has 92 valence electrons. The molecule has 3 atom stereocenters. The molecule has 1 amide bonds. The summed E-state index contributed by atoms with van der Waals surface area (Å²) >= 11 is 0. The third-order valence-electron chi connectivity index (χ3n) is 3.51. The molecule has 1 spiro atoms. The first-order valence-electron chi connectivity index (χ1n) is 5.90. The van der Waals surface area contributed by atoms with Crippen LogP contribution in [0.4, 0.5) is 0 Å². The predicted octanol–water partition coefficient (Wildman–Crippen LogP) is 0.454. The molecule has 0 bridgehead atoms. The van der Waals surface area contributed by atoms with Crippen LogP contribution >= 0.6 is 0 Å². The standard InChI is InChI=1S/C11H20N2O2S/c1-4-9-12-11(5-6-11)10(14)13(9)8(2)7-16(3)15/h8-9,12H,4-7H2,1-3H3. The van der Waals surface area contributed by atoms with Gasteiger partial charge in [0, 0.05) is 28.9 Å². The number of rotatable bonds is 4. The molecule has 0 aromatic rings. The van der Waals surface area contributed by atoms with Gasteiger partial charge in [-0.25, -0.2) is 0 Å². The Morgan fingerprint density at radius 2 is 2.25 bits per heavy atom. The number of nitrogens with one attached hydrogen (secondary N) is 1. The van der Waals surface area contributed by atoms with Crippen molar-refractivity contribution in [1.29, 1.82) is 0 Å². The summed E-state index contributed by atoms with van der Waals surface area (Å²) < 4.78 is 11.2. The van der Waals surface area contributed by atoms with Crippen molar-refractivity contribution >= 4 is 16.7 Å². The Morgan fingerprint density at radius 1 is 1.62 bits per heavy atom. The van der Waals surface area contributed by atoms with Gasteiger partial charge in [0.15, 0.2) is 0 Å². The van der Waals surface area contributed by atoms with E-state index in [1.807, 2.05) is 11.8 Å². The topological polar surface area (TPSA) is 49.4 Å². The summed E-state index contributed by atoms with van der Waals surface area (Å²) in [5.41, 5.74) is -0.246. The lowest BCUT2D eigenvalue weighted by molar-refractivity contribution is -0.132. The summed E-state index contributed by atoms with van der Waals surface area (Å²) in [6.45, 7) is 4.07. The van der Waals surface area contributed by atoms with Gasteiger partial charge in [0.2, 0.25) is 5.91 Å². The Kier molecular flexibility index (Phi) is 3.09. The summed E-state index contributed by atoms with van der Waals surface area (Å²) in [4.78, 5) is 14.2. The second-order valence-corrected chi connectivity index (χ2v) is 6.43. The highest BCUT2D eigenvalue weighted by atomic mass is 32.2. The van der Waals surface area contributed by atoms with Crippen LogP contribution in [0.5, 0.6) is 0 Å². The zero-order valence-corrected chi connectivity index (χ0v) is 11.0. The van der Waals surface area contributed by atoms with E-state index in [2.05, 4.69) is 12.2 Å². The van der Waals surface area contributed by atoms with Crippen molar-refractivity contribution in [1.82, 2.24) is 10.2 Å². The van der Waals surface area contributed by atoms with Crippen LogP contribution in [0.25, 0.3) is 0 Å². The minimum atomic E-state index is -0.850. The van der Waals surface area contributed by atoms with Crippen molar-refractivity contribution in [2.75, 3.05) is 12.0 Å². The highest BCUT2D eigenvalue weighted by Gasteiger charge is 2.59. The fraction of sp³-hybridized carbons (Fsp3) is 0.909. The molecule has 16 heavy (non-hydrogen) atoms. The second kappa shape index (κ2) is 4.11. The average Bonchev–Trinajstić information content (AvgIpc) is 2.89. The van der Waals surface area contributed by atoms with Gasteiger partial charge in [-0.15, -0.1) is 0 Å². The van der Waals surface area contributed by atoms with Gasteiger partial charge >= 0.3 is 0 Å². The molecule has 0 radical (unpaired) electrons. The smallest absolute Gasteiger partial charge is 0.244 e. The van der Waals surface area contributed by atoms with Crippen LogP contribution < -0.4 is 5.32 Å². The fourth-order valence-corrected chi connectivity index (χ4v) is 3.39. The van der Waals surface area contributed by atoms with E-state index in [1.54, 1.807) is 6.26 Å². The Hall–Kier alpha value is -0.420. The molecule has 3 unspecified atom stereocenters. The molecule has 1 heterocycles. The Morgan fingerprint density at radius 3 is 2.69 bits per heavy atom.